The number of thioether (sulfide) groups is 1. The minimum absolute atomic E-state index is 0.418. The lowest BCUT2D eigenvalue weighted by atomic mass is 9.82. The first-order valence-electron chi connectivity index (χ1n) is 8.21. The van der Waals surface area contributed by atoms with Gasteiger partial charge in [-0.1, -0.05) is 50.8 Å². The van der Waals surface area contributed by atoms with Crippen molar-refractivity contribution in [1.29, 1.82) is 0 Å². The third-order valence-electron chi connectivity index (χ3n) is 5.21. The molecule has 3 heteroatoms. The summed E-state index contributed by atoms with van der Waals surface area (Å²) in [5, 5.41) is 5.02. The van der Waals surface area contributed by atoms with Crippen LogP contribution in [0.4, 0.5) is 0 Å². The Hall–Kier alpha value is -0.180. The van der Waals surface area contributed by atoms with Crippen LogP contribution in [0.1, 0.15) is 64.7 Å². The molecule has 0 aromatic carbocycles. The van der Waals surface area contributed by atoms with Crippen LogP contribution in [-0.2, 0) is 0 Å². The molecule has 0 radical (unpaired) electrons. The van der Waals surface area contributed by atoms with Gasteiger partial charge in [-0.15, -0.1) is 0 Å². The lowest BCUT2D eigenvalue weighted by Gasteiger charge is -2.32. The molecule has 2 atom stereocenters. The van der Waals surface area contributed by atoms with Gasteiger partial charge in [-0.2, -0.15) is 0 Å². The number of hydrogen-bond acceptors (Lipinski definition) is 2. The second-order valence-electron chi connectivity index (χ2n) is 7.04. The summed E-state index contributed by atoms with van der Waals surface area (Å²) in [5.41, 5.74) is 0.418. The van der Waals surface area contributed by atoms with Crippen molar-refractivity contribution in [3.8, 4) is 0 Å². The summed E-state index contributed by atoms with van der Waals surface area (Å²) in [6, 6.07) is 0. The topological polar surface area (TPSA) is 24.4 Å². The van der Waals surface area contributed by atoms with Gasteiger partial charge in [0, 0.05) is 17.8 Å². The predicted octanol–water partition coefficient (Wildman–Crippen LogP) is 4.21. The van der Waals surface area contributed by atoms with Gasteiger partial charge in [0.25, 0.3) is 0 Å². The van der Waals surface area contributed by atoms with Crippen molar-refractivity contribution in [2.24, 2.45) is 16.8 Å². The molecule has 19 heavy (non-hydrogen) atoms. The van der Waals surface area contributed by atoms with Crippen LogP contribution in [0.5, 0.6) is 0 Å². The molecule has 1 aliphatic heterocycles. The highest BCUT2D eigenvalue weighted by molar-refractivity contribution is 8.14. The van der Waals surface area contributed by atoms with E-state index in [1.54, 1.807) is 0 Å². The zero-order valence-corrected chi connectivity index (χ0v) is 13.1. The number of nitrogens with one attached hydrogen (secondary N) is 1. The lowest BCUT2D eigenvalue weighted by Crippen LogP contribution is -2.45. The summed E-state index contributed by atoms with van der Waals surface area (Å²) < 4.78 is 0. The fourth-order valence-corrected chi connectivity index (χ4v) is 5.25. The second-order valence-corrected chi connectivity index (χ2v) is 8.00. The van der Waals surface area contributed by atoms with Crippen molar-refractivity contribution in [2.45, 2.75) is 70.3 Å². The second kappa shape index (κ2) is 6.07. The third kappa shape index (κ3) is 3.48. The Balaban J connectivity index is 1.51. The Kier molecular flexibility index (Phi) is 4.40. The first kappa shape index (κ1) is 13.8. The van der Waals surface area contributed by atoms with E-state index in [0.29, 0.717) is 5.54 Å². The molecule has 108 valence electrons. The van der Waals surface area contributed by atoms with Crippen LogP contribution in [0.25, 0.3) is 0 Å². The molecule has 0 aromatic heterocycles. The van der Waals surface area contributed by atoms with Crippen LogP contribution < -0.4 is 5.32 Å². The summed E-state index contributed by atoms with van der Waals surface area (Å²) in [7, 11) is 0. The molecule has 2 nitrogen and oxygen atoms in total. The number of hydrogen-bond donors (Lipinski definition) is 1. The molecule has 2 unspecified atom stereocenters. The Morgan fingerprint density at radius 1 is 1.21 bits per heavy atom. The normalized spacial score (nSPS) is 36.6. The van der Waals surface area contributed by atoms with Gasteiger partial charge in [0.05, 0.1) is 0 Å². The fraction of sp³-hybridized carbons (Fsp3) is 0.938. The van der Waals surface area contributed by atoms with Crippen molar-refractivity contribution < 1.29 is 0 Å². The van der Waals surface area contributed by atoms with Crippen molar-refractivity contribution in [3.63, 3.8) is 0 Å². The van der Waals surface area contributed by atoms with Crippen molar-refractivity contribution in [2.75, 3.05) is 12.3 Å². The molecule has 1 heterocycles. The van der Waals surface area contributed by atoms with Crippen LogP contribution in [-0.4, -0.2) is 23.0 Å². The highest BCUT2D eigenvalue weighted by atomic mass is 32.2. The van der Waals surface area contributed by atoms with Crippen molar-refractivity contribution in [1.82, 2.24) is 5.32 Å². The highest BCUT2D eigenvalue weighted by Crippen LogP contribution is 2.36. The zero-order valence-electron chi connectivity index (χ0n) is 12.3. The predicted molar refractivity (Wildman–Crippen MR) is 84.8 cm³/mol. The van der Waals surface area contributed by atoms with Crippen LogP contribution >= 0.6 is 11.8 Å². The maximum absolute atomic E-state index is 4.90. The Bertz CT molecular complexity index is 334. The Morgan fingerprint density at radius 2 is 2.05 bits per heavy atom. The number of amidine groups is 1. The first-order chi connectivity index (χ1) is 9.26. The number of rotatable bonds is 2. The maximum Gasteiger partial charge on any atom is 0.157 e. The summed E-state index contributed by atoms with van der Waals surface area (Å²) in [4.78, 5) is 4.90. The lowest BCUT2D eigenvalue weighted by molar-refractivity contribution is 0.287. The van der Waals surface area contributed by atoms with Crippen LogP contribution in [0.15, 0.2) is 4.99 Å². The molecule has 3 fully saturated rings. The van der Waals surface area contributed by atoms with Gasteiger partial charge in [-0.3, -0.25) is 4.99 Å². The van der Waals surface area contributed by atoms with Gasteiger partial charge in [0.1, 0.15) is 0 Å². The molecular weight excluding hydrogens is 252 g/mol. The molecule has 3 aliphatic rings. The Morgan fingerprint density at radius 3 is 2.84 bits per heavy atom. The van der Waals surface area contributed by atoms with E-state index in [1.807, 2.05) is 11.8 Å². The molecule has 0 aromatic rings. The van der Waals surface area contributed by atoms with E-state index in [0.717, 1.165) is 18.4 Å². The average molecular weight is 280 g/mol. The molecule has 0 bridgehead atoms. The fourth-order valence-electron chi connectivity index (χ4n) is 4.03. The van der Waals surface area contributed by atoms with Gasteiger partial charge in [0.2, 0.25) is 0 Å². The highest BCUT2D eigenvalue weighted by Gasteiger charge is 2.38. The number of aliphatic imine (C=N–C) groups is 1. The molecule has 1 saturated heterocycles. The summed E-state index contributed by atoms with van der Waals surface area (Å²) in [5.74, 6) is 3.03. The van der Waals surface area contributed by atoms with E-state index in [1.165, 1.54) is 68.7 Å². The molecule has 1 N–H and O–H groups in total. The largest absolute Gasteiger partial charge is 0.359 e. The maximum atomic E-state index is 4.90. The van der Waals surface area contributed by atoms with Gasteiger partial charge in [-0.25, -0.2) is 0 Å². The molecule has 3 rings (SSSR count). The molecule has 0 amide bonds. The average Bonchev–Trinajstić information content (AvgIpc) is 2.80. The zero-order chi connectivity index (χ0) is 13.1. The van der Waals surface area contributed by atoms with Gasteiger partial charge in [-0.05, 0) is 37.5 Å². The van der Waals surface area contributed by atoms with Crippen LogP contribution in [0.2, 0.25) is 0 Å². The van der Waals surface area contributed by atoms with E-state index in [2.05, 4.69) is 12.2 Å². The minimum Gasteiger partial charge on any atom is -0.359 e. The third-order valence-corrected chi connectivity index (χ3v) is 6.41. The molecule has 2 saturated carbocycles. The molecule has 1 spiro atoms. The quantitative estimate of drug-likeness (QED) is 0.819. The van der Waals surface area contributed by atoms with E-state index >= 15 is 0 Å². The standard InChI is InChI=1S/C16H28N2S/c1-13-6-5-7-14(10-13)11-17-15-18-16(12-19-15)8-3-2-4-9-16/h13-14H,2-12H2,1H3,(H,17,18). The summed E-state index contributed by atoms with van der Waals surface area (Å²) in [6.45, 7) is 3.47. The van der Waals surface area contributed by atoms with E-state index in [-0.39, 0.29) is 0 Å². The SMILES string of the molecule is CC1CCCC(CN=C2NC3(CCCCC3)CS2)C1. The van der Waals surface area contributed by atoms with Crippen molar-refractivity contribution >= 4 is 16.9 Å². The van der Waals surface area contributed by atoms with Crippen molar-refractivity contribution in [3.05, 3.63) is 0 Å². The van der Waals surface area contributed by atoms with Crippen LogP contribution in [0, 0.1) is 11.8 Å². The number of nitrogens with zero attached hydrogens (tertiary/aromatic N) is 1. The molecule has 2 aliphatic carbocycles. The van der Waals surface area contributed by atoms with Gasteiger partial charge >= 0.3 is 0 Å². The van der Waals surface area contributed by atoms with Gasteiger partial charge in [0.15, 0.2) is 5.17 Å². The summed E-state index contributed by atoms with van der Waals surface area (Å²) in [6.07, 6.45) is 12.6. The van der Waals surface area contributed by atoms with Crippen LogP contribution in [0.3, 0.4) is 0 Å². The van der Waals surface area contributed by atoms with E-state index in [4.69, 9.17) is 4.99 Å². The van der Waals surface area contributed by atoms with Gasteiger partial charge < -0.3 is 5.32 Å². The van der Waals surface area contributed by atoms with E-state index in [9.17, 15) is 0 Å². The van der Waals surface area contributed by atoms with E-state index < -0.39 is 0 Å². The summed E-state index contributed by atoms with van der Waals surface area (Å²) >= 11 is 1.98. The first-order valence-corrected chi connectivity index (χ1v) is 9.20. The smallest absolute Gasteiger partial charge is 0.157 e. The minimum atomic E-state index is 0.418. The monoisotopic (exact) mass is 280 g/mol. The molecular formula is C16H28N2S. The Labute approximate surface area is 122 Å².